The standard InChI is InChI=1S/C16H11F2N3S2/c1-7-3-5-9(22-7)11-13(17)14(18)12(10-6-4-8(2)23-10)16-15(11)19-21-20-16/h3-6H,1-2H3,(H,19,20,21). The Hall–Kier alpha value is -2.12. The molecule has 0 fully saturated rings. The molecule has 1 N–H and O–H groups in total. The molecule has 0 aliphatic rings. The van der Waals surface area contributed by atoms with Crippen LogP contribution in [0.4, 0.5) is 8.78 Å². The maximum absolute atomic E-state index is 14.8. The third-order valence-corrected chi connectivity index (χ3v) is 5.66. The summed E-state index contributed by atoms with van der Waals surface area (Å²) in [5.41, 5.74) is 1.04. The summed E-state index contributed by atoms with van der Waals surface area (Å²) in [4.78, 5) is 3.34. The van der Waals surface area contributed by atoms with E-state index in [9.17, 15) is 8.78 Å². The summed E-state index contributed by atoms with van der Waals surface area (Å²) < 4.78 is 29.6. The second kappa shape index (κ2) is 5.21. The van der Waals surface area contributed by atoms with E-state index in [0.717, 1.165) is 9.75 Å². The number of thiophene rings is 2. The summed E-state index contributed by atoms with van der Waals surface area (Å²) in [5.74, 6) is -1.76. The highest BCUT2D eigenvalue weighted by molar-refractivity contribution is 7.16. The average molecular weight is 347 g/mol. The number of fused-ring (bicyclic) bond motifs is 1. The third kappa shape index (κ3) is 2.19. The number of halogens is 2. The van der Waals surface area contributed by atoms with Crippen molar-refractivity contribution in [2.24, 2.45) is 0 Å². The van der Waals surface area contributed by atoms with Crippen molar-refractivity contribution in [2.45, 2.75) is 13.8 Å². The second-order valence-electron chi connectivity index (χ2n) is 5.22. The predicted octanol–water partition coefficient (Wildman–Crippen LogP) is 5.31. The molecule has 0 bridgehead atoms. The van der Waals surface area contributed by atoms with Crippen LogP contribution in [0.5, 0.6) is 0 Å². The molecule has 0 spiro atoms. The number of benzene rings is 1. The zero-order chi connectivity index (χ0) is 16.1. The van der Waals surface area contributed by atoms with Crippen molar-refractivity contribution in [1.29, 1.82) is 0 Å². The van der Waals surface area contributed by atoms with E-state index in [4.69, 9.17) is 0 Å². The highest BCUT2D eigenvalue weighted by Gasteiger charge is 2.26. The number of hydrogen-bond donors (Lipinski definition) is 1. The van der Waals surface area contributed by atoms with Crippen LogP contribution < -0.4 is 0 Å². The van der Waals surface area contributed by atoms with Crippen LogP contribution in [-0.2, 0) is 0 Å². The first kappa shape index (κ1) is 14.5. The van der Waals surface area contributed by atoms with Gasteiger partial charge in [-0.2, -0.15) is 15.4 Å². The summed E-state index contributed by atoms with van der Waals surface area (Å²) in [7, 11) is 0. The zero-order valence-corrected chi connectivity index (χ0v) is 13.9. The molecule has 3 aromatic heterocycles. The minimum absolute atomic E-state index is 0.168. The summed E-state index contributed by atoms with van der Waals surface area (Å²) in [5, 5.41) is 10.6. The van der Waals surface area contributed by atoms with Gasteiger partial charge in [-0.15, -0.1) is 22.7 Å². The maximum atomic E-state index is 14.8. The number of aromatic nitrogens is 3. The van der Waals surface area contributed by atoms with Gasteiger partial charge in [0.15, 0.2) is 11.6 Å². The van der Waals surface area contributed by atoms with Gasteiger partial charge in [-0.1, -0.05) is 0 Å². The highest BCUT2D eigenvalue weighted by Crippen LogP contribution is 2.42. The molecule has 1 aromatic carbocycles. The van der Waals surface area contributed by atoms with Crippen LogP contribution in [0.1, 0.15) is 9.75 Å². The van der Waals surface area contributed by atoms with E-state index < -0.39 is 11.6 Å². The van der Waals surface area contributed by atoms with Crippen LogP contribution in [0.3, 0.4) is 0 Å². The van der Waals surface area contributed by atoms with Crippen LogP contribution in [0.15, 0.2) is 24.3 Å². The van der Waals surface area contributed by atoms with E-state index in [-0.39, 0.29) is 11.1 Å². The first-order chi connectivity index (χ1) is 11.1. The molecule has 0 atom stereocenters. The number of rotatable bonds is 2. The average Bonchev–Trinajstić information content (AvgIpc) is 3.23. The second-order valence-corrected chi connectivity index (χ2v) is 7.80. The molecule has 116 valence electrons. The van der Waals surface area contributed by atoms with Gasteiger partial charge >= 0.3 is 0 Å². The Morgan fingerprint density at radius 3 is 1.57 bits per heavy atom. The van der Waals surface area contributed by atoms with E-state index in [1.54, 1.807) is 12.1 Å². The monoisotopic (exact) mass is 347 g/mol. The Bertz CT molecular complexity index is 949. The lowest BCUT2D eigenvalue weighted by Crippen LogP contribution is -1.95. The molecular weight excluding hydrogens is 336 g/mol. The number of nitrogens with one attached hydrogen (secondary N) is 1. The molecule has 3 nitrogen and oxygen atoms in total. The number of aromatic amines is 1. The summed E-state index contributed by atoms with van der Waals surface area (Å²) >= 11 is 2.80. The molecule has 4 rings (SSSR count). The van der Waals surface area contributed by atoms with Crippen LogP contribution in [0, 0.1) is 25.5 Å². The SMILES string of the molecule is Cc1ccc(-c2c(F)c(F)c(-c3ccc(C)s3)c3n[nH]nc23)s1. The van der Waals surface area contributed by atoms with Gasteiger partial charge in [0, 0.05) is 19.5 Å². The first-order valence-corrected chi connectivity index (χ1v) is 8.54. The van der Waals surface area contributed by atoms with Gasteiger partial charge in [0.25, 0.3) is 0 Å². The normalized spacial score (nSPS) is 11.5. The summed E-state index contributed by atoms with van der Waals surface area (Å²) in [6.07, 6.45) is 0. The van der Waals surface area contributed by atoms with Crippen molar-refractivity contribution in [2.75, 3.05) is 0 Å². The van der Waals surface area contributed by atoms with Crippen LogP contribution in [0.25, 0.3) is 31.9 Å². The van der Waals surface area contributed by atoms with Gasteiger partial charge in [-0.25, -0.2) is 8.78 Å². The van der Waals surface area contributed by atoms with Crippen molar-refractivity contribution in [3.8, 4) is 20.9 Å². The van der Waals surface area contributed by atoms with Crippen LogP contribution in [0.2, 0.25) is 0 Å². The summed E-state index contributed by atoms with van der Waals surface area (Å²) in [6.45, 7) is 3.84. The molecular formula is C16H11F2N3S2. The molecule has 0 amide bonds. The van der Waals surface area contributed by atoms with Gasteiger partial charge in [0.1, 0.15) is 11.0 Å². The molecule has 23 heavy (non-hydrogen) atoms. The van der Waals surface area contributed by atoms with Crippen molar-refractivity contribution in [3.63, 3.8) is 0 Å². The highest BCUT2D eigenvalue weighted by atomic mass is 32.1. The lowest BCUT2D eigenvalue weighted by molar-refractivity contribution is 0.516. The molecule has 3 heterocycles. The molecule has 0 saturated carbocycles. The Kier molecular flexibility index (Phi) is 3.28. The van der Waals surface area contributed by atoms with E-state index in [1.165, 1.54) is 22.7 Å². The van der Waals surface area contributed by atoms with Gasteiger partial charge < -0.3 is 0 Å². The molecule has 0 radical (unpaired) electrons. The summed E-state index contributed by atoms with van der Waals surface area (Å²) in [6, 6.07) is 7.31. The van der Waals surface area contributed by atoms with Gasteiger partial charge in [-0.3, -0.25) is 0 Å². The lowest BCUT2D eigenvalue weighted by Gasteiger charge is -2.07. The number of nitrogens with zero attached hydrogens (tertiary/aromatic N) is 2. The maximum Gasteiger partial charge on any atom is 0.170 e. The van der Waals surface area contributed by atoms with Crippen LogP contribution >= 0.6 is 22.7 Å². The Morgan fingerprint density at radius 1 is 0.783 bits per heavy atom. The first-order valence-electron chi connectivity index (χ1n) is 6.91. The zero-order valence-electron chi connectivity index (χ0n) is 12.3. The van der Waals surface area contributed by atoms with E-state index >= 15 is 0 Å². The quantitative estimate of drug-likeness (QED) is 0.534. The van der Waals surface area contributed by atoms with Gasteiger partial charge in [0.05, 0.1) is 11.1 Å². The topological polar surface area (TPSA) is 41.6 Å². The largest absolute Gasteiger partial charge is 0.203 e. The fraction of sp³-hybridized carbons (Fsp3) is 0.125. The Labute approximate surface area is 138 Å². The smallest absolute Gasteiger partial charge is 0.170 e. The molecule has 0 unspecified atom stereocenters. The van der Waals surface area contributed by atoms with Crippen molar-refractivity contribution < 1.29 is 8.78 Å². The minimum atomic E-state index is -0.880. The molecule has 0 aliphatic carbocycles. The molecule has 0 saturated heterocycles. The fourth-order valence-electron chi connectivity index (χ4n) is 2.59. The van der Waals surface area contributed by atoms with Gasteiger partial charge in [0.2, 0.25) is 0 Å². The molecule has 7 heteroatoms. The van der Waals surface area contributed by atoms with E-state index in [0.29, 0.717) is 20.8 Å². The Morgan fingerprint density at radius 2 is 1.22 bits per heavy atom. The number of H-pyrrole nitrogens is 1. The molecule has 0 aliphatic heterocycles. The van der Waals surface area contributed by atoms with Crippen molar-refractivity contribution in [3.05, 3.63) is 45.7 Å². The number of aryl methyl sites for hydroxylation is 2. The number of hydrogen-bond acceptors (Lipinski definition) is 4. The van der Waals surface area contributed by atoms with E-state index in [1.807, 2.05) is 26.0 Å². The third-order valence-electron chi connectivity index (χ3n) is 3.63. The lowest BCUT2D eigenvalue weighted by atomic mass is 10.0. The molecule has 4 aromatic rings. The van der Waals surface area contributed by atoms with Crippen LogP contribution in [-0.4, -0.2) is 15.4 Å². The predicted molar refractivity (Wildman–Crippen MR) is 89.9 cm³/mol. The van der Waals surface area contributed by atoms with Crippen molar-refractivity contribution >= 4 is 33.7 Å². The van der Waals surface area contributed by atoms with E-state index in [2.05, 4.69) is 15.4 Å². The Balaban J connectivity index is 2.09. The van der Waals surface area contributed by atoms with Crippen molar-refractivity contribution in [1.82, 2.24) is 15.4 Å². The van der Waals surface area contributed by atoms with Gasteiger partial charge in [-0.05, 0) is 38.1 Å². The fourth-order valence-corrected chi connectivity index (χ4v) is 4.41. The minimum Gasteiger partial charge on any atom is -0.203 e.